The smallest absolute Gasteiger partial charge is 0.283 e. The van der Waals surface area contributed by atoms with Gasteiger partial charge in [-0.15, -0.1) is 0 Å². The third kappa shape index (κ3) is 4.76. The molecule has 1 fully saturated rings. The van der Waals surface area contributed by atoms with Crippen molar-refractivity contribution in [3.63, 3.8) is 0 Å². The summed E-state index contributed by atoms with van der Waals surface area (Å²) in [6.45, 7) is 0.847. The van der Waals surface area contributed by atoms with Crippen molar-refractivity contribution in [2.45, 2.75) is 18.9 Å². The van der Waals surface area contributed by atoms with Gasteiger partial charge in [0.05, 0.1) is 0 Å². The maximum Gasteiger partial charge on any atom is 0.283 e. The predicted octanol–water partition coefficient (Wildman–Crippen LogP) is 1.67. The van der Waals surface area contributed by atoms with Gasteiger partial charge in [0.1, 0.15) is 12.4 Å². The first kappa shape index (κ1) is 20.6. The first-order valence-electron chi connectivity index (χ1n) is 10.0. The molecule has 2 aliphatic heterocycles. The van der Waals surface area contributed by atoms with E-state index in [1.54, 1.807) is 29.2 Å². The minimum Gasteiger partial charge on any atom is -0.485 e. The van der Waals surface area contributed by atoms with Gasteiger partial charge in [-0.05, 0) is 49.2 Å². The molecule has 31 heavy (non-hydrogen) atoms. The largest absolute Gasteiger partial charge is 0.485 e. The van der Waals surface area contributed by atoms with E-state index in [9.17, 15) is 18.8 Å². The number of rotatable bonds is 3. The zero-order valence-electron chi connectivity index (χ0n) is 16.7. The summed E-state index contributed by atoms with van der Waals surface area (Å²) < 4.78 is 24.1. The highest BCUT2D eigenvalue weighted by Gasteiger charge is 2.30. The zero-order chi connectivity index (χ0) is 21.8. The van der Waals surface area contributed by atoms with Crippen LogP contribution in [0.4, 0.5) is 4.39 Å². The lowest BCUT2D eigenvalue weighted by atomic mass is 9.95. The van der Waals surface area contributed by atoms with Crippen molar-refractivity contribution in [2.24, 2.45) is 5.92 Å². The van der Waals surface area contributed by atoms with E-state index >= 15 is 0 Å². The van der Waals surface area contributed by atoms with E-state index in [1.807, 2.05) is 0 Å². The molecule has 162 valence electrons. The van der Waals surface area contributed by atoms with Crippen LogP contribution < -0.4 is 20.3 Å². The number of benzene rings is 2. The van der Waals surface area contributed by atoms with Crippen molar-refractivity contribution in [1.82, 2.24) is 15.8 Å². The first-order chi connectivity index (χ1) is 15.0. The number of hydrogen-bond donors (Lipinski definition) is 2. The molecule has 1 saturated heterocycles. The molecule has 2 aromatic carbocycles. The van der Waals surface area contributed by atoms with Crippen LogP contribution in [0.25, 0.3) is 0 Å². The molecule has 1 unspecified atom stereocenters. The number of carbonyl (C=O) groups is 3. The van der Waals surface area contributed by atoms with E-state index in [0.717, 1.165) is 0 Å². The maximum atomic E-state index is 13.0. The van der Waals surface area contributed by atoms with Crippen LogP contribution in [0, 0.1) is 11.7 Å². The van der Waals surface area contributed by atoms with Crippen LogP contribution in [0.2, 0.25) is 0 Å². The Hall–Kier alpha value is -3.62. The molecule has 0 aromatic heterocycles. The molecular weight excluding hydrogens is 405 g/mol. The fourth-order valence-corrected chi connectivity index (χ4v) is 3.57. The highest BCUT2D eigenvalue weighted by molar-refractivity contribution is 5.94. The normalized spacial score (nSPS) is 18.2. The van der Waals surface area contributed by atoms with Crippen LogP contribution in [0.1, 0.15) is 23.2 Å². The number of hydrazine groups is 1. The summed E-state index contributed by atoms with van der Waals surface area (Å²) >= 11 is 0. The van der Waals surface area contributed by atoms with Gasteiger partial charge < -0.3 is 14.4 Å². The average Bonchev–Trinajstić information content (AvgIpc) is 2.82. The van der Waals surface area contributed by atoms with Crippen LogP contribution >= 0.6 is 0 Å². The summed E-state index contributed by atoms with van der Waals surface area (Å²) in [7, 11) is 0. The monoisotopic (exact) mass is 427 g/mol. The third-order valence-electron chi connectivity index (χ3n) is 5.35. The summed E-state index contributed by atoms with van der Waals surface area (Å²) in [5.41, 5.74) is 5.23. The van der Waals surface area contributed by atoms with E-state index in [-0.39, 0.29) is 24.3 Å². The van der Waals surface area contributed by atoms with Gasteiger partial charge in [-0.1, -0.05) is 12.1 Å². The Labute approximate surface area is 178 Å². The molecule has 0 radical (unpaired) electrons. The minimum atomic E-state index is -0.870. The van der Waals surface area contributed by atoms with Crippen LogP contribution in [-0.2, 0) is 9.59 Å². The summed E-state index contributed by atoms with van der Waals surface area (Å²) in [6, 6.07) is 12.4. The maximum absolute atomic E-state index is 13.0. The van der Waals surface area contributed by atoms with Gasteiger partial charge in [0.25, 0.3) is 11.8 Å². The molecule has 2 aliphatic rings. The summed E-state index contributed by atoms with van der Waals surface area (Å²) in [5.74, 6) is -0.714. The number of ether oxygens (including phenoxy) is 2. The van der Waals surface area contributed by atoms with Crippen molar-refractivity contribution in [2.75, 3.05) is 19.7 Å². The van der Waals surface area contributed by atoms with Crippen molar-refractivity contribution < 1.29 is 28.2 Å². The number of hydrogen-bond acceptors (Lipinski definition) is 5. The molecule has 0 aliphatic carbocycles. The molecule has 4 rings (SSSR count). The highest BCUT2D eigenvalue weighted by atomic mass is 19.1. The van der Waals surface area contributed by atoms with Crippen LogP contribution in [-0.4, -0.2) is 48.4 Å². The van der Waals surface area contributed by atoms with Gasteiger partial charge in [0, 0.05) is 24.6 Å². The second-order valence-electron chi connectivity index (χ2n) is 7.42. The van der Waals surface area contributed by atoms with Crippen molar-refractivity contribution >= 4 is 17.7 Å². The van der Waals surface area contributed by atoms with Crippen molar-refractivity contribution in [3.8, 4) is 11.5 Å². The number of nitrogens with zero attached hydrogens (tertiary/aromatic N) is 1. The van der Waals surface area contributed by atoms with E-state index in [4.69, 9.17) is 9.47 Å². The van der Waals surface area contributed by atoms with Crippen molar-refractivity contribution in [1.29, 1.82) is 0 Å². The van der Waals surface area contributed by atoms with Gasteiger partial charge in [0.15, 0.2) is 11.5 Å². The molecule has 3 amide bonds. The van der Waals surface area contributed by atoms with E-state index in [2.05, 4.69) is 10.9 Å². The zero-order valence-corrected chi connectivity index (χ0v) is 16.7. The Morgan fingerprint density at radius 1 is 0.903 bits per heavy atom. The number of likely N-dealkylation sites (tertiary alicyclic amines) is 1. The third-order valence-corrected chi connectivity index (χ3v) is 5.35. The van der Waals surface area contributed by atoms with Gasteiger partial charge in [-0.3, -0.25) is 25.2 Å². The molecule has 0 spiro atoms. The Morgan fingerprint density at radius 2 is 1.55 bits per heavy atom. The quantitative estimate of drug-likeness (QED) is 0.727. The Kier molecular flexibility index (Phi) is 6.01. The molecule has 9 heteroatoms. The number of nitrogens with one attached hydrogen (secondary N) is 2. The SMILES string of the molecule is O=C(NNC(=O)C1COc2ccccc2O1)C1CCN(C(=O)c2ccc(F)cc2)CC1. The van der Waals surface area contributed by atoms with Gasteiger partial charge >= 0.3 is 0 Å². The topological polar surface area (TPSA) is 97.0 Å². The second-order valence-corrected chi connectivity index (χ2v) is 7.42. The van der Waals surface area contributed by atoms with Gasteiger partial charge in [0.2, 0.25) is 12.0 Å². The Morgan fingerprint density at radius 3 is 2.26 bits per heavy atom. The molecule has 2 aromatic rings. The molecule has 2 N–H and O–H groups in total. The second kappa shape index (κ2) is 9.03. The number of carbonyl (C=O) groups excluding carboxylic acids is 3. The molecule has 0 saturated carbocycles. The highest BCUT2D eigenvalue weighted by Crippen LogP contribution is 2.30. The number of fused-ring (bicyclic) bond motifs is 1. The first-order valence-corrected chi connectivity index (χ1v) is 10.0. The fraction of sp³-hybridized carbons (Fsp3) is 0.318. The number of amides is 3. The lowest BCUT2D eigenvalue weighted by Gasteiger charge is -2.31. The van der Waals surface area contributed by atoms with E-state index < -0.39 is 17.8 Å². The minimum absolute atomic E-state index is 0.0442. The van der Waals surface area contributed by atoms with E-state index in [1.165, 1.54) is 24.3 Å². The molecule has 1 atom stereocenters. The van der Waals surface area contributed by atoms with Crippen LogP contribution in [0.3, 0.4) is 0 Å². The molecule has 0 bridgehead atoms. The van der Waals surface area contributed by atoms with Crippen LogP contribution in [0.5, 0.6) is 11.5 Å². The summed E-state index contributed by atoms with van der Waals surface area (Å²) in [5, 5.41) is 0. The van der Waals surface area contributed by atoms with Gasteiger partial charge in [-0.25, -0.2) is 4.39 Å². The predicted molar refractivity (Wildman–Crippen MR) is 108 cm³/mol. The standard InChI is InChI=1S/C22H22FN3O5/c23-16-7-5-15(6-8-16)22(29)26-11-9-14(10-12-26)20(27)24-25-21(28)19-13-30-17-3-1-2-4-18(17)31-19/h1-8,14,19H,9-13H2,(H,24,27)(H,25,28). The lowest BCUT2D eigenvalue weighted by molar-refractivity contribution is -0.136. The van der Waals surface area contributed by atoms with Crippen LogP contribution in [0.15, 0.2) is 48.5 Å². The summed E-state index contributed by atoms with van der Waals surface area (Å²) in [4.78, 5) is 38.9. The van der Waals surface area contributed by atoms with Gasteiger partial charge in [-0.2, -0.15) is 0 Å². The fourth-order valence-electron chi connectivity index (χ4n) is 3.57. The molecule has 8 nitrogen and oxygen atoms in total. The number of piperidine rings is 1. The van der Waals surface area contributed by atoms with E-state index in [0.29, 0.717) is 43.0 Å². The van der Waals surface area contributed by atoms with Crippen molar-refractivity contribution in [3.05, 3.63) is 59.9 Å². The lowest BCUT2D eigenvalue weighted by Crippen LogP contribution is -2.53. The molecule has 2 heterocycles. The number of halogens is 1. The Balaban J connectivity index is 1.23. The molecular formula is C22H22FN3O5. The summed E-state index contributed by atoms with van der Waals surface area (Å²) in [6.07, 6.45) is 0.0567. The average molecular weight is 427 g/mol. The number of para-hydroxylation sites is 2. The Bertz CT molecular complexity index is 973.